The maximum Gasteiger partial charge on any atom is 0.407 e. The Hall–Kier alpha value is -2.15. The highest BCUT2D eigenvalue weighted by Crippen LogP contribution is 1.90. The number of carbonyl (C=O) groups is 2. The van der Waals surface area contributed by atoms with Crippen LogP contribution in [0.3, 0.4) is 0 Å². The van der Waals surface area contributed by atoms with Crippen LogP contribution in [0.5, 0.6) is 0 Å². The summed E-state index contributed by atoms with van der Waals surface area (Å²) in [4.78, 5) is 25.8. The van der Waals surface area contributed by atoms with Gasteiger partial charge in [-0.3, -0.25) is 4.98 Å². The molecule has 0 saturated heterocycles. The summed E-state index contributed by atoms with van der Waals surface area (Å²) in [6.07, 6.45) is 2.83. The number of carbonyl (C=O) groups excluding carboxylic acids is 2. The molecular formula is C13H20N2O5. The Balaban J connectivity index is 0.000000493. The summed E-state index contributed by atoms with van der Waals surface area (Å²) in [5, 5.41) is 2.31. The Morgan fingerprint density at radius 3 is 2.20 bits per heavy atom. The molecule has 0 aliphatic heterocycles. The molecule has 0 aliphatic carbocycles. The number of ether oxygens (including phenoxy) is 3. The maximum absolute atomic E-state index is 11.1. The van der Waals surface area contributed by atoms with Gasteiger partial charge in [0.1, 0.15) is 0 Å². The van der Waals surface area contributed by atoms with Crippen LogP contribution < -0.4 is 5.32 Å². The number of alkyl carbamates (subject to hydrolysis) is 1. The first-order valence-corrected chi connectivity index (χ1v) is 6.00. The van der Waals surface area contributed by atoms with Crippen molar-refractivity contribution in [3.05, 3.63) is 30.6 Å². The molecule has 20 heavy (non-hydrogen) atoms. The highest BCUT2D eigenvalue weighted by molar-refractivity contribution is 5.81. The zero-order valence-corrected chi connectivity index (χ0v) is 11.9. The topological polar surface area (TPSA) is 86.8 Å². The molecule has 0 saturated carbocycles. The summed E-state index contributed by atoms with van der Waals surface area (Å²) < 4.78 is 13.8. The summed E-state index contributed by atoms with van der Waals surface area (Å²) in [6, 6.07) is 4.89. The second-order valence-electron chi connectivity index (χ2n) is 3.42. The predicted molar refractivity (Wildman–Crippen MR) is 72.1 cm³/mol. The van der Waals surface area contributed by atoms with E-state index >= 15 is 0 Å². The number of methoxy groups -OCH3 is 2. The molecule has 112 valence electrons. The fourth-order valence-electron chi connectivity index (χ4n) is 1.11. The minimum Gasteiger partial charge on any atom is -0.467 e. The number of rotatable bonds is 5. The quantitative estimate of drug-likeness (QED) is 0.812. The number of hydrogen-bond donors (Lipinski definition) is 1. The first-order valence-electron chi connectivity index (χ1n) is 6.00. The van der Waals surface area contributed by atoms with Gasteiger partial charge in [0.2, 0.25) is 0 Å². The third-order valence-corrected chi connectivity index (χ3v) is 1.95. The molecule has 0 aromatic carbocycles. The van der Waals surface area contributed by atoms with Gasteiger partial charge in [0, 0.05) is 19.5 Å². The van der Waals surface area contributed by atoms with Crippen molar-refractivity contribution in [3.8, 4) is 0 Å². The number of hydrogen-bond acceptors (Lipinski definition) is 6. The van der Waals surface area contributed by atoms with Crippen molar-refractivity contribution in [1.29, 1.82) is 0 Å². The Labute approximate surface area is 118 Å². The van der Waals surface area contributed by atoms with E-state index in [1.54, 1.807) is 19.3 Å². The third kappa shape index (κ3) is 8.87. The monoisotopic (exact) mass is 284 g/mol. The largest absolute Gasteiger partial charge is 0.467 e. The maximum atomic E-state index is 11.1. The van der Waals surface area contributed by atoms with Crippen LogP contribution in [0.1, 0.15) is 6.92 Å². The van der Waals surface area contributed by atoms with E-state index in [1.807, 2.05) is 18.2 Å². The number of nitrogens with one attached hydrogen (secondary N) is 1. The van der Waals surface area contributed by atoms with Gasteiger partial charge in [-0.05, 0) is 19.1 Å². The lowest BCUT2D eigenvalue weighted by Crippen LogP contribution is -2.44. The Kier molecular flexibility index (Phi) is 10.6. The number of pyridine rings is 1. The van der Waals surface area contributed by atoms with E-state index in [0.29, 0.717) is 0 Å². The Bertz CT molecular complexity index is 346. The zero-order chi connectivity index (χ0) is 15.2. The van der Waals surface area contributed by atoms with E-state index in [2.05, 4.69) is 19.8 Å². The highest BCUT2D eigenvalue weighted by Gasteiger charge is 2.21. The normalized spacial score (nSPS) is 10.6. The van der Waals surface area contributed by atoms with Crippen molar-refractivity contribution >= 4 is 12.1 Å². The van der Waals surface area contributed by atoms with E-state index in [9.17, 15) is 9.59 Å². The molecule has 0 radical (unpaired) electrons. The summed E-state index contributed by atoms with van der Waals surface area (Å²) >= 11 is 0. The fraction of sp³-hybridized carbons (Fsp3) is 0.462. The smallest absolute Gasteiger partial charge is 0.407 e. The SMILES string of the molecule is CCOC(=O)NC(COC)C(=O)OC.c1ccncc1. The van der Waals surface area contributed by atoms with Crippen LogP contribution in [-0.2, 0) is 19.0 Å². The van der Waals surface area contributed by atoms with Crippen LogP contribution in [0.25, 0.3) is 0 Å². The van der Waals surface area contributed by atoms with Gasteiger partial charge in [-0.15, -0.1) is 0 Å². The Morgan fingerprint density at radius 2 is 1.85 bits per heavy atom. The van der Waals surface area contributed by atoms with Gasteiger partial charge in [-0.2, -0.15) is 0 Å². The first kappa shape index (κ1) is 17.8. The Morgan fingerprint density at radius 1 is 1.20 bits per heavy atom. The highest BCUT2D eigenvalue weighted by atomic mass is 16.6. The summed E-state index contributed by atoms with van der Waals surface area (Å²) in [5.74, 6) is -0.570. The molecule has 1 aromatic rings. The average Bonchev–Trinajstić information content (AvgIpc) is 2.48. The van der Waals surface area contributed by atoms with Crippen molar-refractivity contribution in [2.45, 2.75) is 13.0 Å². The van der Waals surface area contributed by atoms with Gasteiger partial charge in [-0.25, -0.2) is 9.59 Å². The van der Waals surface area contributed by atoms with Crippen LogP contribution in [0.4, 0.5) is 4.79 Å². The minimum atomic E-state index is -0.830. The minimum absolute atomic E-state index is 0.0471. The van der Waals surface area contributed by atoms with Gasteiger partial charge in [0.25, 0.3) is 0 Å². The molecule has 0 bridgehead atoms. The molecule has 7 nitrogen and oxygen atoms in total. The molecule has 1 unspecified atom stereocenters. The van der Waals surface area contributed by atoms with E-state index in [4.69, 9.17) is 4.74 Å². The first-order chi connectivity index (χ1) is 9.65. The van der Waals surface area contributed by atoms with Gasteiger partial charge in [0.05, 0.1) is 20.3 Å². The lowest BCUT2D eigenvalue weighted by molar-refractivity contribution is -0.144. The number of nitrogens with zero attached hydrogens (tertiary/aromatic N) is 1. The number of aromatic nitrogens is 1. The number of esters is 1. The van der Waals surface area contributed by atoms with Crippen molar-refractivity contribution in [1.82, 2.24) is 10.3 Å². The summed E-state index contributed by atoms with van der Waals surface area (Å²) in [6.45, 7) is 1.96. The predicted octanol–water partition coefficient (Wildman–Crippen LogP) is 1.00. The molecule has 1 N–H and O–H groups in total. The van der Waals surface area contributed by atoms with E-state index in [-0.39, 0.29) is 13.2 Å². The third-order valence-electron chi connectivity index (χ3n) is 1.95. The van der Waals surface area contributed by atoms with Gasteiger partial charge >= 0.3 is 12.1 Å². The van der Waals surface area contributed by atoms with Crippen LogP contribution in [-0.4, -0.2) is 50.5 Å². The van der Waals surface area contributed by atoms with Gasteiger partial charge in [-0.1, -0.05) is 6.07 Å². The average molecular weight is 284 g/mol. The fourth-order valence-corrected chi connectivity index (χ4v) is 1.11. The molecular weight excluding hydrogens is 264 g/mol. The second-order valence-corrected chi connectivity index (χ2v) is 3.42. The zero-order valence-electron chi connectivity index (χ0n) is 11.9. The van der Waals surface area contributed by atoms with Crippen molar-refractivity contribution in [2.24, 2.45) is 0 Å². The molecule has 0 fully saturated rings. The number of amides is 1. The molecule has 0 aliphatic rings. The molecule has 1 aromatic heterocycles. The van der Waals surface area contributed by atoms with Crippen molar-refractivity contribution in [3.63, 3.8) is 0 Å². The van der Waals surface area contributed by atoms with Gasteiger partial charge < -0.3 is 19.5 Å². The molecule has 1 heterocycles. The van der Waals surface area contributed by atoms with E-state index in [1.165, 1.54) is 14.2 Å². The summed E-state index contributed by atoms with van der Waals surface area (Å²) in [5.41, 5.74) is 0. The van der Waals surface area contributed by atoms with Crippen LogP contribution >= 0.6 is 0 Å². The standard InChI is InChI=1S/C8H15NO5.C5H5N/c1-4-14-8(11)9-6(5-12-2)7(10)13-3;1-2-4-6-5-3-1/h6H,4-5H2,1-3H3,(H,9,11);1-5H. The van der Waals surface area contributed by atoms with Crippen molar-refractivity contribution in [2.75, 3.05) is 27.4 Å². The lowest BCUT2D eigenvalue weighted by atomic mass is 10.3. The molecule has 1 atom stereocenters. The van der Waals surface area contributed by atoms with Gasteiger partial charge in [0.15, 0.2) is 6.04 Å². The summed E-state index contributed by atoms with van der Waals surface area (Å²) in [7, 11) is 2.65. The van der Waals surface area contributed by atoms with E-state index in [0.717, 1.165) is 0 Å². The van der Waals surface area contributed by atoms with Crippen LogP contribution in [0.15, 0.2) is 30.6 Å². The molecule has 1 amide bonds. The van der Waals surface area contributed by atoms with Crippen molar-refractivity contribution < 1.29 is 23.8 Å². The van der Waals surface area contributed by atoms with Crippen LogP contribution in [0, 0.1) is 0 Å². The van der Waals surface area contributed by atoms with E-state index < -0.39 is 18.1 Å². The molecule has 7 heteroatoms. The molecule has 1 rings (SSSR count). The molecule has 0 spiro atoms. The lowest BCUT2D eigenvalue weighted by Gasteiger charge is -2.14. The van der Waals surface area contributed by atoms with Crippen LogP contribution in [0.2, 0.25) is 0 Å². The second kappa shape index (κ2) is 11.9.